The van der Waals surface area contributed by atoms with E-state index < -0.39 is 11.7 Å². The number of thiophene rings is 1. The van der Waals surface area contributed by atoms with Crippen LogP contribution in [0.1, 0.15) is 16.8 Å². The molecule has 168 valence electrons. The third-order valence-corrected chi connectivity index (χ3v) is 6.48. The van der Waals surface area contributed by atoms with Crippen LogP contribution in [0, 0.1) is 5.82 Å². The molecule has 1 saturated heterocycles. The second kappa shape index (κ2) is 9.13. The molecule has 0 spiro atoms. The first-order chi connectivity index (χ1) is 16.1. The van der Waals surface area contributed by atoms with Crippen LogP contribution >= 0.6 is 11.3 Å². The molecule has 1 amide bonds. The van der Waals surface area contributed by atoms with Gasteiger partial charge in [-0.2, -0.15) is 0 Å². The van der Waals surface area contributed by atoms with Crippen molar-refractivity contribution in [3.05, 3.63) is 65.4 Å². The standard InChI is InChI=1S/C24H22FN5O2S/c1-32-20-5-3-2-4-16(20)18-13-33-21-12-27-24(30-22(18)21)29-14-6-7-17(19(25)10-14)23(31)28-15-8-9-26-11-15/h2-7,10,12-13,15,26H,8-9,11H2,1H3,(H,28,31)(H,27,29,30)/t15-/m0/s1. The van der Waals surface area contributed by atoms with Gasteiger partial charge >= 0.3 is 0 Å². The zero-order chi connectivity index (χ0) is 22.8. The summed E-state index contributed by atoms with van der Waals surface area (Å²) in [4.78, 5) is 21.4. The van der Waals surface area contributed by atoms with E-state index in [0.717, 1.165) is 40.1 Å². The van der Waals surface area contributed by atoms with Crippen LogP contribution in [-0.4, -0.2) is 42.1 Å². The van der Waals surface area contributed by atoms with Gasteiger partial charge in [0.05, 0.1) is 29.1 Å². The maximum Gasteiger partial charge on any atom is 0.254 e. The summed E-state index contributed by atoms with van der Waals surface area (Å²) in [5.41, 5.74) is 3.14. The fraction of sp³-hybridized carbons (Fsp3) is 0.208. The molecule has 33 heavy (non-hydrogen) atoms. The van der Waals surface area contributed by atoms with Crippen LogP contribution in [-0.2, 0) is 0 Å². The highest BCUT2D eigenvalue weighted by Crippen LogP contribution is 2.37. The Kier molecular flexibility index (Phi) is 5.89. The van der Waals surface area contributed by atoms with Gasteiger partial charge in [0.15, 0.2) is 0 Å². The van der Waals surface area contributed by atoms with Crippen molar-refractivity contribution in [1.29, 1.82) is 0 Å². The molecule has 3 N–H and O–H groups in total. The van der Waals surface area contributed by atoms with Gasteiger partial charge in [-0.3, -0.25) is 4.79 Å². The third-order valence-electron chi connectivity index (χ3n) is 5.58. The number of aromatic nitrogens is 2. The molecule has 9 heteroatoms. The van der Waals surface area contributed by atoms with Gasteiger partial charge in [-0.15, -0.1) is 11.3 Å². The van der Waals surface area contributed by atoms with Gasteiger partial charge in [-0.1, -0.05) is 18.2 Å². The van der Waals surface area contributed by atoms with Crippen LogP contribution in [0.15, 0.2) is 54.0 Å². The molecule has 0 radical (unpaired) electrons. The van der Waals surface area contributed by atoms with Crippen LogP contribution in [0.25, 0.3) is 21.3 Å². The van der Waals surface area contributed by atoms with Crippen molar-refractivity contribution in [3.8, 4) is 16.9 Å². The second-order valence-electron chi connectivity index (χ2n) is 7.74. The Morgan fingerprint density at radius 3 is 2.91 bits per heavy atom. The van der Waals surface area contributed by atoms with E-state index >= 15 is 0 Å². The number of rotatable bonds is 6. The largest absolute Gasteiger partial charge is 0.496 e. The normalized spacial score (nSPS) is 15.5. The van der Waals surface area contributed by atoms with Crippen LogP contribution < -0.4 is 20.7 Å². The van der Waals surface area contributed by atoms with Crippen molar-refractivity contribution in [1.82, 2.24) is 20.6 Å². The molecule has 1 aliphatic heterocycles. The average molecular weight is 464 g/mol. The molecule has 2 aromatic heterocycles. The van der Waals surface area contributed by atoms with Crippen molar-refractivity contribution in [2.45, 2.75) is 12.5 Å². The summed E-state index contributed by atoms with van der Waals surface area (Å²) in [6.45, 7) is 1.55. The Labute approximate surface area is 194 Å². The number of carbonyl (C=O) groups excluding carboxylic acids is 1. The summed E-state index contributed by atoms with van der Waals surface area (Å²) >= 11 is 1.55. The topological polar surface area (TPSA) is 88.2 Å². The van der Waals surface area contributed by atoms with Gasteiger partial charge < -0.3 is 20.7 Å². The molecule has 1 atom stereocenters. The molecule has 0 unspecified atom stereocenters. The van der Waals surface area contributed by atoms with Crippen molar-refractivity contribution in [3.63, 3.8) is 0 Å². The van der Waals surface area contributed by atoms with E-state index in [2.05, 4.69) is 25.9 Å². The number of nitrogens with zero attached hydrogens (tertiary/aromatic N) is 2. The molecule has 0 aliphatic carbocycles. The molecular formula is C24H22FN5O2S. The molecule has 2 aromatic carbocycles. The number of para-hydroxylation sites is 1. The van der Waals surface area contributed by atoms with Gasteiger partial charge in [-0.05, 0) is 37.2 Å². The molecule has 4 aromatic rings. The fourth-order valence-corrected chi connectivity index (χ4v) is 4.76. The summed E-state index contributed by atoms with van der Waals surface area (Å²) in [7, 11) is 1.64. The van der Waals surface area contributed by atoms with E-state index in [-0.39, 0.29) is 11.6 Å². The zero-order valence-corrected chi connectivity index (χ0v) is 18.7. The molecule has 5 rings (SSSR count). The van der Waals surface area contributed by atoms with Gasteiger partial charge in [0.25, 0.3) is 5.91 Å². The van der Waals surface area contributed by atoms with Crippen LogP contribution in [0.5, 0.6) is 5.75 Å². The Bertz CT molecular complexity index is 1320. The third kappa shape index (κ3) is 4.37. The number of anilines is 2. The lowest BCUT2D eigenvalue weighted by Crippen LogP contribution is -2.36. The number of benzene rings is 2. The smallest absolute Gasteiger partial charge is 0.254 e. The summed E-state index contributed by atoms with van der Waals surface area (Å²) in [6.07, 6.45) is 2.58. The number of amides is 1. The highest BCUT2D eigenvalue weighted by Gasteiger charge is 2.20. The van der Waals surface area contributed by atoms with Gasteiger partial charge in [0.1, 0.15) is 11.6 Å². The van der Waals surface area contributed by atoms with E-state index in [1.807, 2.05) is 29.6 Å². The predicted molar refractivity (Wildman–Crippen MR) is 128 cm³/mol. The summed E-state index contributed by atoms with van der Waals surface area (Å²) < 4.78 is 21.1. The quantitative estimate of drug-likeness (QED) is 0.394. The molecular weight excluding hydrogens is 441 g/mol. The SMILES string of the molecule is COc1ccccc1-c1csc2cnc(Nc3ccc(C(=O)N[C@H]4CCNC4)c(F)c3)nc12. The fourth-order valence-electron chi connectivity index (χ4n) is 3.89. The molecule has 1 fully saturated rings. The minimum Gasteiger partial charge on any atom is -0.496 e. The van der Waals surface area contributed by atoms with Crippen molar-refractivity contribution in [2.24, 2.45) is 0 Å². The summed E-state index contributed by atoms with van der Waals surface area (Å²) in [6, 6.07) is 12.2. The van der Waals surface area contributed by atoms with Gasteiger partial charge in [-0.25, -0.2) is 14.4 Å². The van der Waals surface area contributed by atoms with Gasteiger partial charge in [0, 0.05) is 34.8 Å². The number of fused-ring (bicyclic) bond motifs is 1. The number of carbonyl (C=O) groups is 1. The first-order valence-corrected chi connectivity index (χ1v) is 11.5. The lowest BCUT2D eigenvalue weighted by Gasteiger charge is -2.12. The maximum atomic E-state index is 14.7. The van der Waals surface area contributed by atoms with Crippen LogP contribution in [0.4, 0.5) is 16.0 Å². The predicted octanol–water partition coefficient (Wildman–Crippen LogP) is 4.34. The molecule has 7 nitrogen and oxygen atoms in total. The van der Waals surface area contributed by atoms with E-state index in [9.17, 15) is 9.18 Å². The second-order valence-corrected chi connectivity index (χ2v) is 8.65. The Morgan fingerprint density at radius 2 is 2.12 bits per heavy atom. The van der Waals surface area contributed by atoms with Crippen molar-refractivity contribution in [2.75, 3.05) is 25.5 Å². The Balaban J connectivity index is 1.39. The molecule has 3 heterocycles. The highest BCUT2D eigenvalue weighted by molar-refractivity contribution is 7.17. The maximum absolute atomic E-state index is 14.7. The molecule has 0 saturated carbocycles. The first kappa shape index (κ1) is 21.3. The first-order valence-electron chi connectivity index (χ1n) is 10.6. The minimum absolute atomic E-state index is 0.0140. The highest BCUT2D eigenvalue weighted by atomic mass is 32.1. The van der Waals surface area contributed by atoms with E-state index in [4.69, 9.17) is 4.74 Å². The van der Waals surface area contributed by atoms with E-state index in [1.165, 1.54) is 12.1 Å². The lowest BCUT2D eigenvalue weighted by molar-refractivity contribution is 0.0936. The number of hydrogen-bond donors (Lipinski definition) is 3. The monoisotopic (exact) mass is 463 g/mol. The Morgan fingerprint density at radius 1 is 1.24 bits per heavy atom. The average Bonchev–Trinajstić information content (AvgIpc) is 3.48. The Hall–Kier alpha value is -3.56. The lowest BCUT2D eigenvalue weighted by atomic mass is 10.1. The summed E-state index contributed by atoms with van der Waals surface area (Å²) in [5, 5.41) is 11.1. The molecule has 1 aliphatic rings. The minimum atomic E-state index is -0.602. The van der Waals surface area contributed by atoms with Crippen molar-refractivity contribution >= 4 is 39.1 Å². The number of ether oxygens (including phenoxy) is 1. The number of halogens is 1. The van der Waals surface area contributed by atoms with Crippen molar-refractivity contribution < 1.29 is 13.9 Å². The number of nitrogens with one attached hydrogen (secondary N) is 3. The molecule has 0 bridgehead atoms. The van der Waals surface area contributed by atoms with Crippen LogP contribution in [0.2, 0.25) is 0 Å². The summed E-state index contributed by atoms with van der Waals surface area (Å²) in [5.74, 6) is 0.0836. The zero-order valence-electron chi connectivity index (χ0n) is 17.9. The van der Waals surface area contributed by atoms with Crippen LogP contribution in [0.3, 0.4) is 0 Å². The number of hydrogen-bond acceptors (Lipinski definition) is 7. The van der Waals surface area contributed by atoms with E-state index in [0.29, 0.717) is 18.2 Å². The number of methoxy groups -OCH3 is 1. The van der Waals surface area contributed by atoms with Gasteiger partial charge in [0.2, 0.25) is 5.95 Å². The van der Waals surface area contributed by atoms with E-state index in [1.54, 1.807) is 30.7 Å².